The Balaban J connectivity index is 1.17. The highest BCUT2D eigenvalue weighted by atomic mass is 16.5. The first kappa shape index (κ1) is 29.8. The minimum Gasteiger partial charge on any atom is -0.466 e. The van der Waals surface area contributed by atoms with E-state index in [4.69, 9.17) is 4.74 Å². The van der Waals surface area contributed by atoms with Gasteiger partial charge in [0.25, 0.3) is 0 Å². The molecule has 5 nitrogen and oxygen atoms in total. The van der Waals surface area contributed by atoms with E-state index < -0.39 is 0 Å². The summed E-state index contributed by atoms with van der Waals surface area (Å²) in [5.41, 5.74) is 0.658. The van der Waals surface area contributed by atoms with Crippen molar-refractivity contribution < 1.29 is 14.6 Å². The van der Waals surface area contributed by atoms with Gasteiger partial charge in [0.05, 0.1) is 12.7 Å². The van der Waals surface area contributed by atoms with Gasteiger partial charge < -0.3 is 20.1 Å². The van der Waals surface area contributed by atoms with Crippen molar-refractivity contribution in [3.8, 4) is 0 Å². The normalized spacial score (nSPS) is 43.3. The van der Waals surface area contributed by atoms with E-state index in [0.29, 0.717) is 53.6 Å². The molecule has 1 saturated heterocycles. The van der Waals surface area contributed by atoms with Gasteiger partial charge >= 0.3 is 5.97 Å². The Morgan fingerprint density at radius 1 is 1.00 bits per heavy atom. The zero-order valence-electron chi connectivity index (χ0n) is 25.8. The molecule has 4 aliphatic carbocycles. The molecule has 5 aliphatic rings. The number of carbonyl (C=O) groups excluding carboxylic acids is 1. The Morgan fingerprint density at radius 3 is 2.51 bits per heavy atom. The first-order valence-corrected chi connectivity index (χ1v) is 17.1. The van der Waals surface area contributed by atoms with Crippen LogP contribution in [0.1, 0.15) is 118 Å². The molecule has 1 heterocycles. The number of carbonyl (C=O) groups is 1. The van der Waals surface area contributed by atoms with E-state index in [9.17, 15) is 9.90 Å². The molecule has 5 fully saturated rings. The molecule has 5 rings (SSSR count). The second kappa shape index (κ2) is 12.7. The Bertz CT molecular complexity index is 814. The predicted octanol–water partition coefficient (Wildman–Crippen LogP) is 6.43. The number of rotatable bonds is 10. The van der Waals surface area contributed by atoms with Gasteiger partial charge in [0.1, 0.15) is 0 Å². The molecule has 0 aromatic rings. The van der Waals surface area contributed by atoms with Crippen molar-refractivity contribution in [2.75, 3.05) is 32.8 Å². The molecule has 5 heteroatoms. The molecular formula is C34H60N2O3. The Labute approximate surface area is 239 Å². The summed E-state index contributed by atoms with van der Waals surface area (Å²) in [5.74, 6) is 3.89. The Morgan fingerprint density at radius 2 is 1.74 bits per heavy atom. The third-order valence-electron chi connectivity index (χ3n) is 13.0. The first-order chi connectivity index (χ1) is 18.8. The summed E-state index contributed by atoms with van der Waals surface area (Å²) in [7, 11) is 0. The molecule has 1 aliphatic heterocycles. The number of hydrogen-bond acceptors (Lipinski definition) is 5. The van der Waals surface area contributed by atoms with Gasteiger partial charge in [-0.15, -0.1) is 0 Å². The summed E-state index contributed by atoms with van der Waals surface area (Å²) < 4.78 is 5.36. The van der Waals surface area contributed by atoms with Crippen LogP contribution < -0.4 is 5.32 Å². The van der Waals surface area contributed by atoms with E-state index in [-0.39, 0.29) is 12.1 Å². The minimum atomic E-state index is -0.143. The van der Waals surface area contributed by atoms with Crippen LogP contribution in [0.2, 0.25) is 0 Å². The van der Waals surface area contributed by atoms with Crippen molar-refractivity contribution in [1.82, 2.24) is 10.2 Å². The van der Waals surface area contributed by atoms with Crippen molar-refractivity contribution in [3.63, 3.8) is 0 Å². The van der Waals surface area contributed by atoms with E-state index in [0.717, 1.165) is 44.1 Å². The van der Waals surface area contributed by atoms with Gasteiger partial charge in [0.2, 0.25) is 0 Å². The Hall–Kier alpha value is -0.650. The fourth-order valence-electron chi connectivity index (χ4n) is 10.9. The van der Waals surface area contributed by atoms with Crippen molar-refractivity contribution in [1.29, 1.82) is 0 Å². The molecule has 39 heavy (non-hydrogen) atoms. The van der Waals surface area contributed by atoms with Crippen LogP contribution in [0.4, 0.5) is 0 Å². The summed E-state index contributed by atoms with van der Waals surface area (Å²) >= 11 is 0. The number of nitrogens with one attached hydrogen (secondary N) is 1. The second-order valence-electron chi connectivity index (χ2n) is 15.1. The van der Waals surface area contributed by atoms with E-state index >= 15 is 0 Å². The number of piperidine rings is 1. The monoisotopic (exact) mass is 544 g/mol. The lowest BCUT2D eigenvalue weighted by atomic mass is 9.43. The standard InChI is InChI=1S/C34H60N2O3/c1-5-21-39-32(38)12-9-24(2)27-10-11-28-26-23-31(37)30-22-25(35-17-20-36-18-7-6-8-19-36)13-15-34(30,4)29(26)14-16-33(27,28)3/h24-31,35,37H,5-23H2,1-4H3/t24-,25?,26?,27-,28?,29?,30+,31+,33-,34-/m1/s1. The number of fused-ring (bicyclic) bond motifs is 5. The quantitative estimate of drug-likeness (QED) is 0.310. The summed E-state index contributed by atoms with van der Waals surface area (Å²) in [5, 5.41) is 15.6. The van der Waals surface area contributed by atoms with Crippen molar-refractivity contribution in [3.05, 3.63) is 0 Å². The van der Waals surface area contributed by atoms with Crippen LogP contribution in [0.3, 0.4) is 0 Å². The second-order valence-corrected chi connectivity index (χ2v) is 15.1. The first-order valence-electron chi connectivity index (χ1n) is 17.1. The molecule has 224 valence electrons. The zero-order valence-corrected chi connectivity index (χ0v) is 25.8. The smallest absolute Gasteiger partial charge is 0.305 e. The molecule has 2 N–H and O–H groups in total. The summed E-state index contributed by atoms with van der Waals surface area (Å²) in [6, 6.07) is 0.577. The van der Waals surface area contributed by atoms with Gasteiger partial charge in [-0.2, -0.15) is 0 Å². The topological polar surface area (TPSA) is 61.8 Å². The summed E-state index contributed by atoms with van der Waals surface area (Å²) in [4.78, 5) is 14.8. The molecule has 0 bridgehead atoms. The maximum atomic E-state index is 12.2. The fraction of sp³-hybridized carbons (Fsp3) is 0.971. The lowest BCUT2D eigenvalue weighted by Gasteiger charge is -2.62. The zero-order chi connectivity index (χ0) is 27.6. The lowest BCUT2D eigenvalue weighted by Crippen LogP contribution is -2.59. The molecule has 4 unspecified atom stereocenters. The Kier molecular flexibility index (Phi) is 9.71. The van der Waals surface area contributed by atoms with Crippen molar-refractivity contribution >= 4 is 5.97 Å². The highest BCUT2D eigenvalue weighted by Crippen LogP contribution is 2.68. The number of esters is 1. The maximum absolute atomic E-state index is 12.2. The number of likely N-dealkylation sites (tertiary alicyclic amines) is 1. The highest BCUT2D eigenvalue weighted by molar-refractivity contribution is 5.69. The average Bonchev–Trinajstić information content (AvgIpc) is 3.29. The van der Waals surface area contributed by atoms with Gasteiger partial charge in [0.15, 0.2) is 0 Å². The number of aliphatic hydroxyl groups excluding tert-OH is 1. The highest BCUT2D eigenvalue weighted by Gasteiger charge is 2.62. The fourth-order valence-corrected chi connectivity index (χ4v) is 10.9. The van der Waals surface area contributed by atoms with E-state index in [1.807, 2.05) is 0 Å². The van der Waals surface area contributed by atoms with Crippen LogP contribution in [0, 0.1) is 46.3 Å². The van der Waals surface area contributed by atoms with E-state index in [2.05, 4.69) is 37.9 Å². The number of ether oxygens (including phenoxy) is 1. The van der Waals surface area contributed by atoms with Crippen LogP contribution in [-0.2, 0) is 9.53 Å². The lowest BCUT2D eigenvalue weighted by molar-refractivity contribution is -0.162. The molecule has 0 spiro atoms. The van der Waals surface area contributed by atoms with Gasteiger partial charge in [-0.25, -0.2) is 0 Å². The predicted molar refractivity (Wildman–Crippen MR) is 158 cm³/mol. The van der Waals surface area contributed by atoms with Crippen molar-refractivity contribution in [2.45, 2.75) is 130 Å². The molecule has 0 amide bonds. The average molecular weight is 545 g/mol. The third-order valence-corrected chi connectivity index (χ3v) is 13.0. The summed E-state index contributed by atoms with van der Waals surface area (Å²) in [6.07, 6.45) is 16.5. The van der Waals surface area contributed by atoms with Crippen LogP contribution in [0.15, 0.2) is 0 Å². The maximum Gasteiger partial charge on any atom is 0.305 e. The largest absolute Gasteiger partial charge is 0.466 e. The molecule has 0 radical (unpaired) electrons. The summed E-state index contributed by atoms with van der Waals surface area (Å²) in [6.45, 7) is 15.0. The van der Waals surface area contributed by atoms with Gasteiger partial charge in [-0.3, -0.25) is 4.79 Å². The van der Waals surface area contributed by atoms with E-state index in [1.54, 1.807) is 0 Å². The molecule has 4 saturated carbocycles. The van der Waals surface area contributed by atoms with Gasteiger partial charge in [-0.05, 0) is 136 Å². The SMILES string of the molecule is CCCOC(=O)CC[C@@H](C)[C@H]1CCC2C3C[C@H](O)[C@@H]4CC(NCCN5CCCCC5)CC[C@]4(C)C3CC[C@@]21C. The third kappa shape index (κ3) is 6.12. The molecule has 0 aromatic carbocycles. The minimum absolute atomic E-state index is 0.0157. The number of nitrogens with zero attached hydrogens (tertiary/aromatic N) is 1. The van der Waals surface area contributed by atoms with Crippen LogP contribution in [0.25, 0.3) is 0 Å². The number of hydrogen-bond donors (Lipinski definition) is 2. The van der Waals surface area contributed by atoms with Crippen LogP contribution in [-0.4, -0.2) is 60.9 Å². The van der Waals surface area contributed by atoms with E-state index in [1.165, 1.54) is 77.4 Å². The van der Waals surface area contributed by atoms with Gasteiger partial charge in [-0.1, -0.05) is 34.1 Å². The van der Waals surface area contributed by atoms with Crippen molar-refractivity contribution in [2.24, 2.45) is 46.3 Å². The molecule has 0 aromatic heterocycles. The van der Waals surface area contributed by atoms with Crippen LogP contribution in [0.5, 0.6) is 0 Å². The number of aliphatic hydroxyl groups is 1. The molecular weight excluding hydrogens is 484 g/mol. The van der Waals surface area contributed by atoms with Crippen LogP contribution >= 0.6 is 0 Å². The van der Waals surface area contributed by atoms with Gasteiger partial charge in [0, 0.05) is 25.6 Å². The molecule has 10 atom stereocenters.